The van der Waals surface area contributed by atoms with Gasteiger partial charge in [0.2, 0.25) is 0 Å². The molecule has 1 nitrogen and oxygen atoms in total. The van der Waals surface area contributed by atoms with Crippen molar-refractivity contribution >= 4 is 5.78 Å². The summed E-state index contributed by atoms with van der Waals surface area (Å²) in [5.74, 6) is 3.02. The number of Topliss-reactive ketones (excluding diaryl/α,β-unsaturated/α-hetero) is 1. The molecule has 0 radical (unpaired) electrons. The number of hydrogen-bond acceptors (Lipinski definition) is 1. The lowest BCUT2D eigenvalue weighted by atomic mass is 9.47. The molecule has 24 heavy (non-hydrogen) atoms. The summed E-state index contributed by atoms with van der Waals surface area (Å²) in [5, 5.41) is 0. The topological polar surface area (TPSA) is 17.1 Å². The average Bonchev–Trinajstić information content (AvgIpc) is 2.89. The third-order valence-corrected chi connectivity index (χ3v) is 8.51. The first-order valence-electron chi connectivity index (χ1n) is 10.3. The molecule has 4 aliphatic carbocycles. The number of allylic oxidation sites excluding steroid dienone is 4. The molecule has 0 saturated heterocycles. The van der Waals surface area contributed by atoms with Crippen LogP contribution < -0.4 is 0 Å². The van der Waals surface area contributed by atoms with E-state index in [-0.39, 0.29) is 0 Å². The summed E-state index contributed by atoms with van der Waals surface area (Å²) in [6.45, 7) is 6.85. The van der Waals surface area contributed by atoms with E-state index < -0.39 is 0 Å². The van der Waals surface area contributed by atoms with Crippen LogP contribution in [0.3, 0.4) is 0 Å². The van der Waals surface area contributed by atoms with Crippen molar-refractivity contribution in [3.8, 4) is 0 Å². The molecule has 0 aromatic rings. The standard InChI is InChI=1S/C23H34O/c1-16(24)7-8-18-10-12-20-19-11-9-17-6-4-5-14-22(17,2)21(19)13-15-23(18,20)3/h6,8,19-21H,4-5,7,9-15H2,1-3H3/t19-,20-,21-,22-,23+/m0/s1. The van der Waals surface area contributed by atoms with Crippen LogP contribution in [-0.2, 0) is 4.79 Å². The highest BCUT2D eigenvalue weighted by Crippen LogP contribution is 2.66. The van der Waals surface area contributed by atoms with E-state index in [4.69, 9.17) is 0 Å². The SMILES string of the molecule is CC(=O)CC=C1CC[C@H]2[C@@H]3CCC4=CCCC[C@]4(C)[C@H]3CC[C@]12C. The first-order chi connectivity index (χ1) is 11.4. The minimum atomic E-state index is 0.311. The molecule has 0 aromatic carbocycles. The van der Waals surface area contributed by atoms with Crippen molar-refractivity contribution in [1.82, 2.24) is 0 Å². The van der Waals surface area contributed by atoms with E-state index in [1.54, 1.807) is 12.5 Å². The van der Waals surface area contributed by atoms with Crippen molar-refractivity contribution in [3.63, 3.8) is 0 Å². The van der Waals surface area contributed by atoms with Crippen molar-refractivity contribution in [2.45, 2.75) is 85.0 Å². The van der Waals surface area contributed by atoms with Crippen LogP contribution in [0.5, 0.6) is 0 Å². The van der Waals surface area contributed by atoms with Crippen LogP contribution in [0.15, 0.2) is 23.3 Å². The van der Waals surface area contributed by atoms with Gasteiger partial charge in [0.05, 0.1) is 0 Å². The lowest BCUT2D eigenvalue weighted by Gasteiger charge is -2.57. The predicted octanol–water partition coefficient (Wildman–Crippen LogP) is 6.24. The number of rotatable bonds is 2. The third kappa shape index (κ3) is 2.37. The van der Waals surface area contributed by atoms with Gasteiger partial charge in [0.1, 0.15) is 5.78 Å². The fourth-order valence-electron chi connectivity index (χ4n) is 7.20. The van der Waals surface area contributed by atoms with Gasteiger partial charge >= 0.3 is 0 Å². The molecule has 0 amide bonds. The first-order valence-corrected chi connectivity index (χ1v) is 10.3. The van der Waals surface area contributed by atoms with Gasteiger partial charge in [0.25, 0.3) is 0 Å². The van der Waals surface area contributed by atoms with Gasteiger partial charge < -0.3 is 0 Å². The average molecular weight is 327 g/mol. The van der Waals surface area contributed by atoms with Crippen molar-refractivity contribution in [3.05, 3.63) is 23.3 Å². The third-order valence-electron chi connectivity index (χ3n) is 8.51. The zero-order valence-electron chi connectivity index (χ0n) is 15.9. The molecule has 0 heterocycles. The molecule has 0 N–H and O–H groups in total. The van der Waals surface area contributed by atoms with Gasteiger partial charge in [-0.05, 0) is 93.3 Å². The molecule has 0 aromatic heterocycles. The Labute approximate surface area is 148 Å². The summed E-state index contributed by atoms with van der Waals surface area (Å²) in [6, 6.07) is 0. The molecule has 132 valence electrons. The molecule has 0 aliphatic heterocycles. The Kier molecular flexibility index (Phi) is 4.05. The number of carbonyl (C=O) groups is 1. The van der Waals surface area contributed by atoms with E-state index in [2.05, 4.69) is 26.0 Å². The molecule has 5 atom stereocenters. The van der Waals surface area contributed by atoms with Crippen LogP contribution in [0.2, 0.25) is 0 Å². The zero-order chi connectivity index (χ0) is 16.9. The van der Waals surface area contributed by atoms with Crippen LogP contribution in [0.4, 0.5) is 0 Å². The summed E-state index contributed by atoms with van der Waals surface area (Å²) >= 11 is 0. The largest absolute Gasteiger partial charge is 0.300 e. The fourth-order valence-corrected chi connectivity index (χ4v) is 7.20. The number of ketones is 1. The number of fused-ring (bicyclic) bond motifs is 5. The van der Waals surface area contributed by atoms with Gasteiger partial charge in [-0.25, -0.2) is 0 Å². The Morgan fingerprint density at radius 3 is 2.71 bits per heavy atom. The van der Waals surface area contributed by atoms with Gasteiger partial charge in [-0.3, -0.25) is 4.79 Å². The second-order valence-corrected chi connectivity index (χ2v) is 9.58. The van der Waals surface area contributed by atoms with Gasteiger partial charge in [0, 0.05) is 6.42 Å². The molecule has 0 spiro atoms. The van der Waals surface area contributed by atoms with E-state index in [0.29, 0.717) is 23.0 Å². The first kappa shape index (κ1) is 16.6. The molecule has 4 aliphatic rings. The highest BCUT2D eigenvalue weighted by Gasteiger charge is 2.56. The lowest BCUT2D eigenvalue weighted by Crippen LogP contribution is -2.49. The maximum absolute atomic E-state index is 11.4. The summed E-state index contributed by atoms with van der Waals surface area (Å²) in [4.78, 5) is 11.4. The van der Waals surface area contributed by atoms with Crippen molar-refractivity contribution in [2.24, 2.45) is 28.6 Å². The minimum Gasteiger partial charge on any atom is -0.300 e. The molecule has 4 rings (SSSR count). The zero-order valence-corrected chi connectivity index (χ0v) is 15.9. The van der Waals surface area contributed by atoms with Gasteiger partial charge in [-0.1, -0.05) is 37.1 Å². The van der Waals surface area contributed by atoms with E-state index in [0.717, 1.165) is 17.8 Å². The van der Waals surface area contributed by atoms with Gasteiger partial charge in [-0.2, -0.15) is 0 Å². The van der Waals surface area contributed by atoms with E-state index in [1.165, 1.54) is 57.8 Å². The molecule has 0 unspecified atom stereocenters. The Morgan fingerprint density at radius 1 is 1.12 bits per heavy atom. The minimum absolute atomic E-state index is 0.311. The van der Waals surface area contributed by atoms with E-state index in [9.17, 15) is 4.79 Å². The highest BCUT2D eigenvalue weighted by atomic mass is 16.1. The quantitative estimate of drug-likeness (QED) is 0.548. The van der Waals surface area contributed by atoms with Gasteiger partial charge in [-0.15, -0.1) is 0 Å². The summed E-state index contributed by atoms with van der Waals surface area (Å²) in [6.07, 6.45) is 17.9. The number of carbonyl (C=O) groups excluding carboxylic acids is 1. The van der Waals surface area contributed by atoms with Crippen molar-refractivity contribution in [1.29, 1.82) is 0 Å². The maximum atomic E-state index is 11.4. The Bertz CT molecular complexity index is 597. The second-order valence-electron chi connectivity index (χ2n) is 9.58. The summed E-state index contributed by atoms with van der Waals surface area (Å²) < 4.78 is 0. The van der Waals surface area contributed by atoms with Crippen molar-refractivity contribution in [2.75, 3.05) is 0 Å². The smallest absolute Gasteiger partial charge is 0.133 e. The lowest BCUT2D eigenvalue weighted by molar-refractivity contribution is -0.116. The molecular formula is C23H34O. The Balaban J connectivity index is 1.62. The summed E-state index contributed by atoms with van der Waals surface area (Å²) in [5.41, 5.74) is 4.33. The normalized spacial score (nSPS) is 46.0. The molecule has 3 saturated carbocycles. The van der Waals surface area contributed by atoms with Crippen LogP contribution in [0.1, 0.15) is 85.0 Å². The predicted molar refractivity (Wildman–Crippen MR) is 99.7 cm³/mol. The fraction of sp³-hybridized carbons (Fsp3) is 0.783. The summed E-state index contributed by atoms with van der Waals surface area (Å²) in [7, 11) is 0. The maximum Gasteiger partial charge on any atom is 0.133 e. The molecular weight excluding hydrogens is 292 g/mol. The van der Waals surface area contributed by atoms with Crippen molar-refractivity contribution < 1.29 is 4.79 Å². The van der Waals surface area contributed by atoms with Crippen LogP contribution in [0.25, 0.3) is 0 Å². The van der Waals surface area contributed by atoms with Crippen LogP contribution in [0, 0.1) is 28.6 Å². The molecule has 3 fully saturated rings. The monoisotopic (exact) mass is 326 g/mol. The van der Waals surface area contributed by atoms with E-state index in [1.807, 2.05) is 5.57 Å². The molecule has 1 heteroatoms. The van der Waals surface area contributed by atoms with Crippen LogP contribution >= 0.6 is 0 Å². The van der Waals surface area contributed by atoms with E-state index >= 15 is 0 Å². The van der Waals surface area contributed by atoms with Crippen LogP contribution in [-0.4, -0.2) is 5.78 Å². The highest BCUT2D eigenvalue weighted by molar-refractivity contribution is 5.77. The van der Waals surface area contributed by atoms with Gasteiger partial charge in [0.15, 0.2) is 0 Å². The second kappa shape index (κ2) is 5.85. The Morgan fingerprint density at radius 2 is 1.92 bits per heavy atom. The number of hydrogen-bond donors (Lipinski definition) is 0. The Hall–Kier alpha value is -0.850. The molecule has 0 bridgehead atoms.